The molecule has 1 N–H and O–H groups in total. The molecule has 9 nitrogen and oxygen atoms in total. The van der Waals surface area contributed by atoms with Gasteiger partial charge in [-0.05, 0) is 24.3 Å². The monoisotopic (exact) mass is 534 g/mol. The Bertz CT molecular complexity index is 1660. The quantitative estimate of drug-likeness (QED) is 0.337. The molecule has 35 heavy (non-hydrogen) atoms. The average Bonchev–Trinajstić information content (AvgIpc) is 3.38. The fourth-order valence-corrected chi connectivity index (χ4v) is 5.41. The molecule has 0 bridgehead atoms. The maximum absolute atomic E-state index is 14.1. The van der Waals surface area contributed by atoms with Crippen LogP contribution in [0.1, 0.15) is 0 Å². The Kier molecular flexibility index (Phi) is 5.83. The molecule has 14 heteroatoms. The number of hydrogen-bond acceptors (Lipinski definition) is 8. The molecule has 0 unspecified atom stereocenters. The SMILES string of the molecule is COc1ncc(-c2nn3cc(-c4ccncc4Cl)nc3s2)cc1NS(=O)(=O)c1ccc(F)cc1F. The number of rotatable bonds is 6. The first-order chi connectivity index (χ1) is 16.7. The molecule has 0 spiro atoms. The normalized spacial score (nSPS) is 11.7. The van der Waals surface area contributed by atoms with Crippen molar-refractivity contribution in [1.29, 1.82) is 0 Å². The van der Waals surface area contributed by atoms with Crippen LogP contribution in [-0.4, -0.2) is 40.1 Å². The molecule has 5 rings (SSSR count). The molecular weight excluding hydrogens is 522 g/mol. The molecule has 0 fully saturated rings. The van der Waals surface area contributed by atoms with Crippen LogP contribution in [0.4, 0.5) is 14.5 Å². The first-order valence-electron chi connectivity index (χ1n) is 9.73. The highest BCUT2D eigenvalue weighted by Gasteiger charge is 2.23. The third kappa shape index (κ3) is 4.40. The standard InChI is InChI=1S/C21H13ClF2N6O3S2/c1-33-19-16(29-35(31,32)18-3-2-12(23)7-15(18)24)6-11(8-26-19)20-28-30-10-17(27-21(30)34-20)13-4-5-25-9-14(13)22/h2-10,29H,1H3. The van der Waals surface area contributed by atoms with E-state index in [-0.39, 0.29) is 11.6 Å². The van der Waals surface area contributed by atoms with Gasteiger partial charge in [0.15, 0.2) is 0 Å². The zero-order chi connectivity index (χ0) is 24.7. The second-order valence-electron chi connectivity index (χ2n) is 7.08. The van der Waals surface area contributed by atoms with Gasteiger partial charge in [0.25, 0.3) is 10.0 Å². The topological polar surface area (TPSA) is 111 Å². The van der Waals surface area contributed by atoms with E-state index in [1.54, 1.807) is 23.0 Å². The van der Waals surface area contributed by atoms with Crippen molar-refractivity contribution >= 4 is 43.6 Å². The van der Waals surface area contributed by atoms with Crippen LogP contribution < -0.4 is 9.46 Å². The Morgan fingerprint density at radius 2 is 2.00 bits per heavy atom. The zero-order valence-electron chi connectivity index (χ0n) is 17.6. The largest absolute Gasteiger partial charge is 0.480 e. The smallest absolute Gasteiger partial charge is 0.264 e. The number of hydrogen-bond donors (Lipinski definition) is 1. The van der Waals surface area contributed by atoms with Crippen LogP contribution in [0, 0.1) is 11.6 Å². The summed E-state index contributed by atoms with van der Waals surface area (Å²) < 4.78 is 61.8. The van der Waals surface area contributed by atoms with Gasteiger partial charge in [0.2, 0.25) is 10.8 Å². The minimum absolute atomic E-state index is 0.0456. The highest BCUT2D eigenvalue weighted by Crippen LogP contribution is 2.34. The number of nitrogens with one attached hydrogen (secondary N) is 1. The van der Waals surface area contributed by atoms with E-state index in [0.717, 1.165) is 12.1 Å². The van der Waals surface area contributed by atoms with Gasteiger partial charge in [-0.15, -0.1) is 0 Å². The Balaban J connectivity index is 1.50. The van der Waals surface area contributed by atoms with Crippen molar-refractivity contribution in [3.05, 3.63) is 71.8 Å². The van der Waals surface area contributed by atoms with Crippen molar-refractivity contribution in [2.45, 2.75) is 4.90 Å². The van der Waals surface area contributed by atoms with Gasteiger partial charge in [-0.25, -0.2) is 31.7 Å². The van der Waals surface area contributed by atoms with Gasteiger partial charge < -0.3 is 4.74 Å². The first kappa shape index (κ1) is 23.1. The number of halogens is 3. The summed E-state index contributed by atoms with van der Waals surface area (Å²) in [6.45, 7) is 0. The number of nitrogens with zero attached hydrogens (tertiary/aromatic N) is 5. The van der Waals surface area contributed by atoms with Gasteiger partial charge in [-0.2, -0.15) is 5.10 Å². The van der Waals surface area contributed by atoms with Gasteiger partial charge in [0, 0.05) is 35.8 Å². The van der Waals surface area contributed by atoms with Crippen LogP contribution in [0.25, 0.3) is 26.8 Å². The summed E-state index contributed by atoms with van der Waals surface area (Å²) in [6, 6.07) is 5.36. The number of anilines is 1. The van der Waals surface area contributed by atoms with E-state index in [4.69, 9.17) is 16.3 Å². The van der Waals surface area contributed by atoms with E-state index in [2.05, 4.69) is 24.8 Å². The molecule has 0 saturated carbocycles. The van der Waals surface area contributed by atoms with Crippen LogP contribution >= 0.6 is 22.9 Å². The van der Waals surface area contributed by atoms with E-state index in [1.165, 1.54) is 36.9 Å². The number of imidazole rings is 1. The molecular formula is C21H13ClF2N6O3S2. The molecule has 0 radical (unpaired) electrons. The van der Waals surface area contributed by atoms with E-state index in [1.807, 2.05) is 0 Å². The van der Waals surface area contributed by atoms with E-state index < -0.39 is 26.6 Å². The molecule has 0 atom stereocenters. The molecule has 0 aliphatic carbocycles. The van der Waals surface area contributed by atoms with Gasteiger partial charge in [0.1, 0.15) is 27.2 Å². The van der Waals surface area contributed by atoms with Crippen molar-refractivity contribution in [3.8, 4) is 27.7 Å². The summed E-state index contributed by atoms with van der Waals surface area (Å²) in [7, 11) is -3.10. The summed E-state index contributed by atoms with van der Waals surface area (Å²) in [5, 5.41) is 5.43. The maximum atomic E-state index is 14.1. The lowest BCUT2D eigenvalue weighted by molar-refractivity contribution is 0.400. The molecule has 5 aromatic rings. The third-order valence-corrected chi connectivity index (χ3v) is 7.48. The molecule has 0 saturated heterocycles. The fraction of sp³-hybridized carbons (Fsp3) is 0.0476. The molecule has 178 valence electrons. The van der Waals surface area contributed by atoms with Crippen LogP contribution in [0.5, 0.6) is 5.88 Å². The number of pyridine rings is 2. The lowest BCUT2D eigenvalue weighted by Gasteiger charge is -2.12. The molecule has 4 aromatic heterocycles. The molecule has 0 amide bonds. The third-order valence-electron chi connectivity index (χ3n) is 4.81. The molecule has 0 aliphatic rings. The number of benzene rings is 1. The summed E-state index contributed by atoms with van der Waals surface area (Å²) in [6.07, 6.45) is 6.28. The highest BCUT2D eigenvalue weighted by molar-refractivity contribution is 7.92. The van der Waals surface area contributed by atoms with Crippen LogP contribution in [-0.2, 0) is 10.0 Å². The Morgan fingerprint density at radius 1 is 1.17 bits per heavy atom. The number of aromatic nitrogens is 5. The van der Waals surface area contributed by atoms with Crippen LogP contribution in [0.2, 0.25) is 5.02 Å². The number of ether oxygens (including phenoxy) is 1. The van der Waals surface area contributed by atoms with Gasteiger partial charge in [-0.1, -0.05) is 22.9 Å². The van der Waals surface area contributed by atoms with Gasteiger partial charge >= 0.3 is 0 Å². The van der Waals surface area contributed by atoms with Crippen LogP contribution in [0.3, 0.4) is 0 Å². The predicted octanol–water partition coefficient (Wildman–Crippen LogP) is 4.66. The van der Waals surface area contributed by atoms with E-state index in [9.17, 15) is 17.2 Å². The fourth-order valence-electron chi connectivity index (χ4n) is 3.23. The number of methoxy groups -OCH3 is 1. The summed E-state index contributed by atoms with van der Waals surface area (Å²) in [5.74, 6) is -2.17. The van der Waals surface area contributed by atoms with Gasteiger partial charge in [-0.3, -0.25) is 9.71 Å². The summed E-state index contributed by atoms with van der Waals surface area (Å²) >= 11 is 7.43. The number of fused-ring (bicyclic) bond motifs is 1. The van der Waals surface area contributed by atoms with Crippen molar-refractivity contribution in [2.75, 3.05) is 11.8 Å². The molecule has 1 aromatic carbocycles. The van der Waals surface area contributed by atoms with Crippen molar-refractivity contribution in [2.24, 2.45) is 0 Å². The van der Waals surface area contributed by atoms with Crippen molar-refractivity contribution in [3.63, 3.8) is 0 Å². The minimum atomic E-state index is -4.41. The summed E-state index contributed by atoms with van der Waals surface area (Å²) in [5.41, 5.74) is 1.73. The number of sulfonamides is 1. The average molecular weight is 535 g/mol. The Morgan fingerprint density at radius 3 is 2.71 bits per heavy atom. The van der Waals surface area contributed by atoms with E-state index in [0.29, 0.717) is 37.9 Å². The second-order valence-corrected chi connectivity index (χ2v) is 10.1. The highest BCUT2D eigenvalue weighted by atomic mass is 35.5. The first-order valence-corrected chi connectivity index (χ1v) is 12.4. The second kappa shape index (κ2) is 8.83. The summed E-state index contributed by atoms with van der Waals surface area (Å²) in [4.78, 5) is 12.5. The Labute approximate surface area is 206 Å². The van der Waals surface area contributed by atoms with Gasteiger partial charge in [0.05, 0.1) is 24.0 Å². The minimum Gasteiger partial charge on any atom is -0.480 e. The maximum Gasteiger partial charge on any atom is 0.264 e. The zero-order valence-corrected chi connectivity index (χ0v) is 20.0. The molecule has 4 heterocycles. The lowest BCUT2D eigenvalue weighted by Crippen LogP contribution is -2.15. The Hall–Kier alpha value is -3.68. The van der Waals surface area contributed by atoms with Crippen molar-refractivity contribution < 1.29 is 21.9 Å². The lowest BCUT2D eigenvalue weighted by atomic mass is 10.2. The van der Waals surface area contributed by atoms with Crippen molar-refractivity contribution in [1.82, 2.24) is 24.6 Å². The van der Waals surface area contributed by atoms with E-state index >= 15 is 0 Å². The molecule has 0 aliphatic heterocycles. The predicted molar refractivity (Wildman–Crippen MR) is 126 cm³/mol. The van der Waals surface area contributed by atoms with Crippen LogP contribution in [0.15, 0.2) is 60.0 Å².